The number of aromatic nitrogens is 3. The number of rotatable bonds is 8. The van der Waals surface area contributed by atoms with E-state index in [2.05, 4.69) is 217 Å². The van der Waals surface area contributed by atoms with Gasteiger partial charge >= 0.3 is 0 Å². The van der Waals surface area contributed by atoms with Crippen LogP contribution in [-0.2, 0) is 6.42 Å². The van der Waals surface area contributed by atoms with E-state index in [1.54, 1.807) is 0 Å². The van der Waals surface area contributed by atoms with Crippen LogP contribution in [0.2, 0.25) is 0 Å². The third-order valence-electron chi connectivity index (χ3n) is 11.1. The molecule has 0 radical (unpaired) electrons. The summed E-state index contributed by atoms with van der Waals surface area (Å²) in [6, 6.07) is 78.1. The number of hydrogen-bond acceptors (Lipinski definition) is 4. The van der Waals surface area contributed by atoms with E-state index in [1.165, 1.54) is 31.9 Å². The first kappa shape index (κ1) is 34.3. The van der Waals surface area contributed by atoms with Crippen LogP contribution in [0.3, 0.4) is 0 Å². The summed E-state index contributed by atoms with van der Waals surface area (Å²) in [4.78, 5) is 18.2. The average Bonchev–Trinajstić information content (AvgIpc) is 3.30. The topological polar surface area (TPSA) is 41.9 Å². The summed E-state index contributed by atoms with van der Waals surface area (Å²) in [5.41, 5.74) is 8.74. The summed E-state index contributed by atoms with van der Waals surface area (Å²) in [5.74, 6) is 1.83. The van der Waals surface area contributed by atoms with Gasteiger partial charge in [0.15, 0.2) is 19.7 Å². The van der Waals surface area contributed by atoms with Gasteiger partial charge in [0, 0.05) is 17.5 Å². The summed E-state index contributed by atoms with van der Waals surface area (Å²) in [7, 11) is -2.81. The van der Waals surface area contributed by atoms with Gasteiger partial charge in [0.25, 0.3) is 0 Å². The molecule has 9 aromatic rings. The van der Waals surface area contributed by atoms with Crippen molar-refractivity contribution in [3.05, 3.63) is 230 Å². The molecule has 0 spiro atoms. The highest BCUT2D eigenvalue weighted by molar-refractivity contribution is 7.19. The third kappa shape index (κ3) is 6.24. The number of fused-ring (bicyclic) bond motifs is 2. The lowest BCUT2D eigenvalue weighted by Gasteiger charge is -2.34. The highest BCUT2D eigenvalue weighted by Crippen LogP contribution is 2.43. The van der Waals surface area contributed by atoms with Gasteiger partial charge in [-0.25, -0.2) is 4.98 Å². The molecule has 0 N–H and O–H groups in total. The van der Waals surface area contributed by atoms with Gasteiger partial charge in [0.05, 0.1) is 11.4 Å². The van der Waals surface area contributed by atoms with Crippen molar-refractivity contribution < 1.29 is 0 Å². The number of para-hydroxylation sites is 2. The highest BCUT2D eigenvalue weighted by atomic mass is 28.3. The van der Waals surface area contributed by atoms with Crippen LogP contribution >= 0.6 is 0 Å². The molecule has 4 nitrogen and oxygen atoms in total. The lowest BCUT2D eigenvalue weighted by Crippen LogP contribution is -2.74. The molecule has 0 unspecified atom stereocenters. The Balaban J connectivity index is 1.22. The van der Waals surface area contributed by atoms with E-state index < -0.39 is 8.07 Å². The van der Waals surface area contributed by atoms with Crippen LogP contribution in [-0.4, -0.2) is 23.0 Å². The zero-order valence-corrected chi connectivity index (χ0v) is 32.3. The molecular weight excluding hydrogens is 709 g/mol. The Labute approximate surface area is 334 Å². The van der Waals surface area contributed by atoms with E-state index in [0.717, 1.165) is 40.0 Å². The van der Waals surface area contributed by atoms with Crippen LogP contribution in [0.25, 0.3) is 33.9 Å². The molecule has 0 bridgehead atoms. The van der Waals surface area contributed by atoms with Crippen LogP contribution in [0, 0.1) is 0 Å². The summed E-state index contributed by atoms with van der Waals surface area (Å²) >= 11 is 0. The van der Waals surface area contributed by atoms with Crippen molar-refractivity contribution in [3.63, 3.8) is 0 Å². The molecule has 0 saturated heterocycles. The first-order chi connectivity index (χ1) is 28.3. The number of hydrogen-bond donors (Lipinski definition) is 0. The van der Waals surface area contributed by atoms with Crippen molar-refractivity contribution in [2.75, 3.05) is 4.90 Å². The maximum Gasteiger partial charge on any atom is 0.238 e. The van der Waals surface area contributed by atoms with Crippen LogP contribution in [0.15, 0.2) is 218 Å². The molecule has 0 amide bonds. The molecule has 0 aliphatic carbocycles. The summed E-state index contributed by atoms with van der Waals surface area (Å²) < 4.78 is 0. The summed E-state index contributed by atoms with van der Waals surface area (Å²) in [5, 5.41) is 5.20. The maximum absolute atomic E-state index is 5.39. The highest BCUT2D eigenvalue weighted by Gasteiger charge is 2.41. The minimum absolute atomic E-state index is 0.586. The Morgan fingerprint density at radius 2 is 0.737 bits per heavy atom. The fraction of sp³-hybridized carbons (Fsp3) is 0.0192. The Bertz CT molecular complexity index is 2690. The van der Waals surface area contributed by atoms with Gasteiger partial charge in [0.1, 0.15) is 0 Å². The van der Waals surface area contributed by atoms with Crippen molar-refractivity contribution in [2.45, 2.75) is 6.42 Å². The normalized spacial score (nSPS) is 12.1. The summed E-state index contributed by atoms with van der Waals surface area (Å²) in [6.45, 7) is 0. The predicted octanol–water partition coefficient (Wildman–Crippen LogP) is 9.62. The molecular formula is C52H38N4Si. The second-order valence-electron chi connectivity index (χ2n) is 14.4. The van der Waals surface area contributed by atoms with Gasteiger partial charge in [-0.05, 0) is 61.2 Å². The first-order valence-electron chi connectivity index (χ1n) is 19.4. The first-order valence-corrected chi connectivity index (χ1v) is 21.4. The van der Waals surface area contributed by atoms with Crippen LogP contribution < -0.4 is 25.6 Å². The van der Waals surface area contributed by atoms with Crippen molar-refractivity contribution in [1.82, 2.24) is 15.0 Å². The fourth-order valence-corrected chi connectivity index (χ4v) is 13.3. The standard InChI is InChI=1S/C52H38N4Si/c1-5-19-38(20-6-1)39-23-17-24-42(35-39)50-53-51(55-52(54-50)56-48-33-15-13-21-40(48)36-41-22-14-16-34-49(41)56)43-25-18-32-47(37-43)57(44-26-7-2-8-27-44,45-28-9-3-10-29-45)46-30-11-4-12-31-46/h1-35,37H,36H2. The minimum Gasteiger partial charge on any atom is -0.278 e. The molecule has 2 heterocycles. The predicted molar refractivity (Wildman–Crippen MR) is 237 cm³/mol. The molecule has 1 aliphatic rings. The fourth-order valence-electron chi connectivity index (χ4n) is 8.45. The molecule has 57 heavy (non-hydrogen) atoms. The molecule has 5 heteroatoms. The quantitative estimate of drug-likeness (QED) is 0.115. The van der Waals surface area contributed by atoms with Crippen LogP contribution in [0.4, 0.5) is 17.3 Å². The van der Waals surface area contributed by atoms with Gasteiger partial charge < -0.3 is 0 Å². The van der Waals surface area contributed by atoms with E-state index in [1.807, 2.05) is 6.07 Å². The Morgan fingerprint density at radius 3 is 1.28 bits per heavy atom. The summed E-state index contributed by atoms with van der Waals surface area (Å²) in [6.07, 6.45) is 0.847. The molecule has 1 aliphatic heterocycles. The van der Waals surface area contributed by atoms with Crippen molar-refractivity contribution >= 4 is 46.1 Å². The molecule has 0 atom stereocenters. The van der Waals surface area contributed by atoms with Crippen molar-refractivity contribution in [1.29, 1.82) is 0 Å². The van der Waals surface area contributed by atoms with E-state index in [9.17, 15) is 0 Å². The van der Waals surface area contributed by atoms with Gasteiger partial charge in [-0.3, -0.25) is 4.90 Å². The van der Waals surface area contributed by atoms with Gasteiger partial charge in [-0.15, -0.1) is 0 Å². The zero-order valence-electron chi connectivity index (χ0n) is 31.3. The van der Waals surface area contributed by atoms with Crippen molar-refractivity contribution in [3.8, 4) is 33.9 Å². The molecule has 270 valence electrons. The molecule has 10 rings (SSSR count). The molecule has 0 saturated carbocycles. The van der Waals surface area contributed by atoms with Crippen molar-refractivity contribution in [2.24, 2.45) is 0 Å². The molecule has 0 fully saturated rings. The lowest BCUT2D eigenvalue weighted by atomic mass is 9.96. The lowest BCUT2D eigenvalue weighted by molar-refractivity contribution is 0.990. The van der Waals surface area contributed by atoms with Gasteiger partial charge in [-0.2, -0.15) is 9.97 Å². The van der Waals surface area contributed by atoms with Gasteiger partial charge in [0.2, 0.25) is 5.95 Å². The Kier molecular flexibility index (Phi) is 8.90. The molecule has 1 aromatic heterocycles. The largest absolute Gasteiger partial charge is 0.278 e. The number of benzene rings is 8. The Morgan fingerprint density at radius 1 is 0.333 bits per heavy atom. The van der Waals surface area contributed by atoms with Crippen LogP contribution in [0.1, 0.15) is 11.1 Å². The number of anilines is 3. The number of nitrogens with zero attached hydrogens (tertiary/aromatic N) is 4. The Hall–Kier alpha value is -7.21. The second-order valence-corrected chi connectivity index (χ2v) is 18.2. The SMILES string of the molecule is c1ccc(-c2cccc(-c3nc(-c4cccc([Si](c5ccccc5)(c5ccccc5)c5ccccc5)c4)nc(N4c5ccccc5Cc5ccccc54)n3)c2)cc1. The van der Waals surface area contributed by atoms with Crippen LogP contribution in [0.5, 0.6) is 0 Å². The van der Waals surface area contributed by atoms with Gasteiger partial charge in [-0.1, -0.05) is 200 Å². The zero-order chi connectivity index (χ0) is 38.0. The van der Waals surface area contributed by atoms with E-state index in [0.29, 0.717) is 17.6 Å². The third-order valence-corrected chi connectivity index (χ3v) is 15.8. The monoisotopic (exact) mass is 746 g/mol. The average molecular weight is 747 g/mol. The minimum atomic E-state index is -2.81. The van der Waals surface area contributed by atoms with E-state index in [4.69, 9.17) is 15.0 Å². The maximum atomic E-state index is 5.39. The second kappa shape index (κ2) is 14.8. The smallest absolute Gasteiger partial charge is 0.238 e. The van der Waals surface area contributed by atoms with E-state index >= 15 is 0 Å². The molecule has 8 aromatic carbocycles. The van der Waals surface area contributed by atoms with E-state index in [-0.39, 0.29) is 0 Å².